The standard InChI is InChI=1S/C18H21N5O2.C2HF3O2/c1-14-13-24-20-16(14)11-22-7-9-23(10-8-22)12-17-19-18(21-25-17)15-5-3-2-4-6-15;3-2(4,5)1(6)7/h2-6,13H,7-12H2,1H3;(H,6,7). The Balaban J connectivity index is 0.000000360. The first kappa shape index (κ1) is 23.4. The Bertz CT molecular complexity index is 998. The zero-order chi connectivity index (χ0) is 23.1. The van der Waals surface area contributed by atoms with E-state index in [0.29, 0.717) is 18.3 Å². The summed E-state index contributed by atoms with van der Waals surface area (Å²) in [6.45, 7) is 7.49. The van der Waals surface area contributed by atoms with Crippen LogP contribution in [0.1, 0.15) is 17.1 Å². The molecule has 32 heavy (non-hydrogen) atoms. The van der Waals surface area contributed by atoms with Crippen molar-refractivity contribution < 1.29 is 32.1 Å². The molecule has 2 aromatic heterocycles. The molecular formula is C20H22F3N5O4. The van der Waals surface area contributed by atoms with Crippen LogP contribution in [0.4, 0.5) is 13.2 Å². The van der Waals surface area contributed by atoms with Gasteiger partial charge in [-0.05, 0) is 6.92 Å². The van der Waals surface area contributed by atoms with Gasteiger partial charge in [-0.2, -0.15) is 18.2 Å². The number of carboxylic acids is 1. The maximum absolute atomic E-state index is 10.6. The highest BCUT2D eigenvalue weighted by Crippen LogP contribution is 2.17. The van der Waals surface area contributed by atoms with Crippen LogP contribution in [0.5, 0.6) is 0 Å². The number of hydrogen-bond donors (Lipinski definition) is 1. The summed E-state index contributed by atoms with van der Waals surface area (Å²) in [6.07, 6.45) is -3.38. The fourth-order valence-corrected chi connectivity index (χ4v) is 2.99. The lowest BCUT2D eigenvalue weighted by atomic mass is 10.2. The molecule has 4 rings (SSSR count). The normalized spacial score (nSPS) is 15.2. The third-order valence-electron chi connectivity index (χ3n) is 4.79. The molecule has 1 aromatic carbocycles. The monoisotopic (exact) mass is 453 g/mol. The number of aryl methyl sites for hydroxylation is 1. The van der Waals surface area contributed by atoms with E-state index in [2.05, 4.69) is 25.1 Å². The van der Waals surface area contributed by atoms with Crippen LogP contribution < -0.4 is 0 Å². The van der Waals surface area contributed by atoms with Crippen LogP contribution >= 0.6 is 0 Å². The van der Waals surface area contributed by atoms with Crippen LogP contribution in [-0.2, 0) is 17.9 Å². The van der Waals surface area contributed by atoms with E-state index < -0.39 is 12.1 Å². The highest BCUT2D eigenvalue weighted by atomic mass is 19.4. The van der Waals surface area contributed by atoms with Crippen molar-refractivity contribution in [2.75, 3.05) is 26.2 Å². The number of aliphatic carboxylic acids is 1. The van der Waals surface area contributed by atoms with Gasteiger partial charge in [0.05, 0.1) is 6.54 Å². The molecule has 12 heteroatoms. The number of aromatic nitrogens is 3. The first-order chi connectivity index (χ1) is 15.2. The highest BCUT2D eigenvalue weighted by molar-refractivity contribution is 5.73. The smallest absolute Gasteiger partial charge is 0.475 e. The molecule has 0 spiro atoms. The molecular weight excluding hydrogens is 431 g/mol. The molecule has 9 nitrogen and oxygen atoms in total. The van der Waals surface area contributed by atoms with E-state index in [0.717, 1.165) is 49.5 Å². The summed E-state index contributed by atoms with van der Waals surface area (Å²) in [5, 5.41) is 15.3. The van der Waals surface area contributed by atoms with Crippen molar-refractivity contribution in [2.45, 2.75) is 26.2 Å². The Labute approximate surface area is 181 Å². The Kier molecular flexibility index (Phi) is 7.59. The minimum absolute atomic E-state index is 0.649. The number of hydrogen-bond acceptors (Lipinski definition) is 8. The third kappa shape index (κ3) is 6.62. The van der Waals surface area contributed by atoms with Crippen LogP contribution in [0.25, 0.3) is 11.4 Å². The molecule has 0 saturated carbocycles. The van der Waals surface area contributed by atoms with Gasteiger partial charge in [-0.1, -0.05) is 40.6 Å². The maximum atomic E-state index is 10.6. The molecule has 3 aromatic rings. The molecule has 0 bridgehead atoms. The lowest BCUT2D eigenvalue weighted by molar-refractivity contribution is -0.192. The van der Waals surface area contributed by atoms with Gasteiger partial charge in [0.15, 0.2) is 0 Å². The summed E-state index contributed by atoms with van der Waals surface area (Å²) in [7, 11) is 0. The molecule has 0 aliphatic carbocycles. The summed E-state index contributed by atoms with van der Waals surface area (Å²) in [5.74, 6) is -1.44. The number of alkyl halides is 3. The molecule has 1 aliphatic rings. The molecule has 172 valence electrons. The van der Waals surface area contributed by atoms with Crippen LogP contribution in [0.3, 0.4) is 0 Å². The Morgan fingerprint density at radius 1 is 1.06 bits per heavy atom. The third-order valence-corrected chi connectivity index (χ3v) is 4.79. The summed E-state index contributed by atoms with van der Waals surface area (Å²) >= 11 is 0. The molecule has 1 saturated heterocycles. The predicted octanol–water partition coefficient (Wildman–Crippen LogP) is 2.98. The predicted molar refractivity (Wildman–Crippen MR) is 105 cm³/mol. The van der Waals surface area contributed by atoms with Crippen molar-refractivity contribution in [1.82, 2.24) is 25.1 Å². The summed E-state index contributed by atoms with van der Waals surface area (Å²) in [6, 6.07) is 9.89. The van der Waals surface area contributed by atoms with Crippen molar-refractivity contribution >= 4 is 5.97 Å². The average molecular weight is 453 g/mol. The second-order valence-corrected chi connectivity index (χ2v) is 7.18. The van der Waals surface area contributed by atoms with Crippen molar-refractivity contribution in [2.24, 2.45) is 0 Å². The number of carboxylic acid groups (broad SMARTS) is 1. The van der Waals surface area contributed by atoms with Crippen molar-refractivity contribution in [3.63, 3.8) is 0 Å². The Morgan fingerprint density at radius 2 is 1.66 bits per heavy atom. The first-order valence-electron chi connectivity index (χ1n) is 9.75. The quantitative estimate of drug-likeness (QED) is 0.624. The van der Waals surface area contributed by atoms with Crippen LogP contribution in [0, 0.1) is 6.92 Å². The fraction of sp³-hybridized carbons (Fsp3) is 0.400. The number of piperazine rings is 1. The zero-order valence-electron chi connectivity index (χ0n) is 17.2. The summed E-state index contributed by atoms with van der Waals surface area (Å²) in [5.41, 5.74) is 3.12. The Morgan fingerprint density at radius 3 is 2.19 bits per heavy atom. The van der Waals surface area contributed by atoms with E-state index in [9.17, 15) is 13.2 Å². The second-order valence-electron chi connectivity index (χ2n) is 7.18. The first-order valence-corrected chi connectivity index (χ1v) is 9.75. The second kappa shape index (κ2) is 10.4. The van der Waals surface area contributed by atoms with E-state index >= 15 is 0 Å². The molecule has 1 N–H and O–H groups in total. The van der Waals surface area contributed by atoms with E-state index in [-0.39, 0.29) is 0 Å². The highest BCUT2D eigenvalue weighted by Gasteiger charge is 2.38. The number of nitrogens with zero attached hydrogens (tertiary/aromatic N) is 5. The van der Waals surface area contributed by atoms with E-state index in [4.69, 9.17) is 18.9 Å². The number of carbonyl (C=O) groups is 1. The van der Waals surface area contributed by atoms with Crippen molar-refractivity contribution in [3.8, 4) is 11.4 Å². The van der Waals surface area contributed by atoms with Gasteiger partial charge in [0.2, 0.25) is 11.7 Å². The van der Waals surface area contributed by atoms with Gasteiger partial charge in [-0.15, -0.1) is 0 Å². The van der Waals surface area contributed by atoms with Gasteiger partial charge in [0.1, 0.15) is 12.0 Å². The van der Waals surface area contributed by atoms with Crippen LogP contribution in [-0.4, -0.2) is 68.5 Å². The number of halogens is 3. The maximum Gasteiger partial charge on any atom is 0.490 e. The fourth-order valence-electron chi connectivity index (χ4n) is 2.99. The van der Waals surface area contributed by atoms with E-state index in [1.807, 2.05) is 37.3 Å². The minimum Gasteiger partial charge on any atom is -0.475 e. The molecule has 0 radical (unpaired) electrons. The molecule has 1 aliphatic heterocycles. The van der Waals surface area contributed by atoms with Crippen LogP contribution in [0.2, 0.25) is 0 Å². The van der Waals surface area contributed by atoms with Gasteiger partial charge < -0.3 is 14.2 Å². The minimum atomic E-state index is -5.08. The SMILES string of the molecule is Cc1conc1CN1CCN(Cc2nc(-c3ccccc3)no2)CC1.O=C(O)C(F)(F)F. The molecule has 0 atom stereocenters. The lowest BCUT2D eigenvalue weighted by Gasteiger charge is -2.33. The number of benzene rings is 1. The van der Waals surface area contributed by atoms with Gasteiger partial charge in [-0.25, -0.2) is 4.79 Å². The van der Waals surface area contributed by atoms with Gasteiger partial charge in [0.25, 0.3) is 0 Å². The molecule has 3 heterocycles. The lowest BCUT2D eigenvalue weighted by Crippen LogP contribution is -2.45. The Hall–Kier alpha value is -3.25. The molecule has 1 fully saturated rings. The van der Waals surface area contributed by atoms with Gasteiger partial charge in [-0.3, -0.25) is 9.80 Å². The zero-order valence-corrected chi connectivity index (χ0v) is 17.2. The molecule has 0 unspecified atom stereocenters. The summed E-state index contributed by atoms with van der Waals surface area (Å²) in [4.78, 5) is 18.1. The summed E-state index contributed by atoms with van der Waals surface area (Å²) < 4.78 is 42.2. The van der Waals surface area contributed by atoms with Crippen LogP contribution in [0.15, 0.2) is 45.6 Å². The van der Waals surface area contributed by atoms with E-state index in [1.54, 1.807) is 6.26 Å². The van der Waals surface area contributed by atoms with Gasteiger partial charge in [0, 0.05) is 43.9 Å². The van der Waals surface area contributed by atoms with Crippen molar-refractivity contribution in [1.29, 1.82) is 0 Å². The largest absolute Gasteiger partial charge is 0.490 e. The topological polar surface area (TPSA) is 109 Å². The van der Waals surface area contributed by atoms with Gasteiger partial charge >= 0.3 is 12.1 Å². The average Bonchev–Trinajstić information content (AvgIpc) is 3.39. The molecule has 0 amide bonds. The van der Waals surface area contributed by atoms with E-state index in [1.165, 1.54) is 0 Å². The van der Waals surface area contributed by atoms with Crippen molar-refractivity contribution in [3.05, 3.63) is 53.7 Å². The number of rotatable bonds is 5.